The van der Waals surface area contributed by atoms with Crippen LogP contribution in [0.5, 0.6) is 5.75 Å². The third-order valence-electron chi connectivity index (χ3n) is 6.63. The summed E-state index contributed by atoms with van der Waals surface area (Å²) >= 11 is 0. The van der Waals surface area contributed by atoms with Gasteiger partial charge in [0.2, 0.25) is 11.8 Å². The second-order valence-electron chi connectivity index (χ2n) is 9.34. The number of para-hydroxylation sites is 2. The molecule has 1 aromatic rings. The van der Waals surface area contributed by atoms with Gasteiger partial charge in [-0.1, -0.05) is 32.9 Å². The fourth-order valence-corrected chi connectivity index (χ4v) is 5.24. The van der Waals surface area contributed by atoms with Crippen molar-refractivity contribution < 1.29 is 14.3 Å². The highest BCUT2D eigenvalue weighted by molar-refractivity contribution is 5.96. The summed E-state index contributed by atoms with van der Waals surface area (Å²) in [5.41, 5.74) is 0.714. The zero-order valence-corrected chi connectivity index (χ0v) is 19.6. The number of rotatable bonds is 7. The summed E-state index contributed by atoms with van der Waals surface area (Å²) in [6, 6.07) is 7.36. The van der Waals surface area contributed by atoms with Crippen LogP contribution in [0.3, 0.4) is 0 Å². The first-order chi connectivity index (χ1) is 14.9. The van der Waals surface area contributed by atoms with E-state index in [4.69, 9.17) is 4.74 Å². The molecule has 0 bridgehead atoms. The third kappa shape index (κ3) is 6.00. The highest BCUT2D eigenvalue weighted by atomic mass is 16.5. The SMILES string of the molecule is CCOc1ccccc1NC(=O)C(CC)N1CCC(C(=O)N2CC(C)CC(C)C2)CC1. The second-order valence-corrected chi connectivity index (χ2v) is 9.34. The molecule has 172 valence electrons. The molecule has 1 N–H and O–H groups in total. The number of anilines is 1. The second kappa shape index (κ2) is 11.0. The molecule has 3 rings (SSSR count). The Morgan fingerprint density at radius 3 is 2.35 bits per heavy atom. The predicted octanol–water partition coefficient (Wildman–Crippen LogP) is 4.02. The van der Waals surface area contributed by atoms with Gasteiger partial charge in [0.1, 0.15) is 5.75 Å². The van der Waals surface area contributed by atoms with Crippen LogP contribution in [-0.2, 0) is 9.59 Å². The summed E-state index contributed by atoms with van der Waals surface area (Å²) in [6.45, 7) is 12.4. The molecule has 31 heavy (non-hydrogen) atoms. The summed E-state index contributed by atoms with van der Waals surface area (Å²) in [4.78, 5) is 30.5. The maximum absolute atomic E-state index is 13.1. The molecule has 0 spiro atoms. The summed E-state index contributed by atoms with van der Waals surface area (Å²) in [5.74, 6) is 2.27. The van der Waals surface area contributed by atoms with Gasteiger partial charge >= 0.3 is 0 Å². The van der Waals surface area contributed by atoms with Gasteiger partial charge < -0.3 is 15.0 Å². The lowest BCUT2D eigenvalue weighted by Crippen LogP contribution is -2.51. The molecule has 2 aliphatic heterocycles. The Labute approximate surface area is 187 Å². The first-order valence-corrected chi connectivity index (χ1v) is 12.0. The van der Waals surface area contributed by atoms with Crippen LogP contribution in [0.1, 0.15) is 53.4 Å². The number of amides is 2. The number of nitrogens with one attached hydrogen (secondary N) is 1. The van der Waals surface area contributed by atoms with E-state index in [2.05, 4.69) is 29.0 Å². The Kier molecular flexibility index (Phi) is 8.35. The van der Waals surface area contributed by atoms with Gasteiger partial charge in [-0.15, -0.1) is 0 Å². The normalized spacial score (nSPS) is 23.9. The van der Waals surface area contributed by atoms with Crippen molar-refractivity contribution in [1.29, 1.82) is 0 Å². The Balaban J connectivity index is 1.56. The summed E-state index contributed by atoms with van der Waals surface area (Å²) < 4.78 is 5.64. The molecule has 3 unspecified atom stereocenters. The van der Waals surface area contributed by atoms with Crippen molar-refractivity contribution in [3.8, 4) is 5.75 Å². The predicted molar refractivity (Wildman–Crippen MR) is 124 cm³/mol. The van der Waals surface area contributed by atoms with E-state index in [1.807, 2.05) is 38.1 Å². The van der Waals surface area contributed by atoms with Gasteiger partial charge in [0.25, 0.3) is 0 Å². The van der Waals surface area contributed by atoms with Gasteiger partial charge in [-0.25, -0.2) is 0 Å². The number of ether oxygens (including phenoxy) is 1. The van der Waals surface area contributed by atoms with Crippen molar-refractivity contribution in [2.24, 2.45) is 17.8 Å². The van der Waals surface area contributed by atoms with Gasteiger partial charge in [0, 0.05) is 19.0 Å². The molecule has 2 fully saturated rings. The van der Waals surface area contributed by atoms with E-state index in [0.29, 0.717) is 35.8 Å². The van der Waals surface area contributed by atoms with Crippen molar-refractivity contribution in [1.82, 2.24) is 9.80 Å². The molecule has 6 heteroatoms. The number of hydrogen-bond acceptors (Lipinski definition) is 4. The fourth-order valence-electron chi connectivity index (χ4n) is 5.24. The number of likely N-dealkylation sites (tertiary alicyclic amines) is 2. The Morgan fingerprint density at radius 2 is 1.74 bits per heavy atom. The summed E-state index contributed by atoms with van der Waals surface area (Å²) in [5, 5.41) is 3.06. The van der Waals surface area contributed by atoms with Crippen LogP contribution in [0.15, 0.2) is 24.3 Å². The Hall–Kier alpha value is -2.08. The van der Waals surface area contributed by atoms with Crippen molar-refractivity contribution in [3.63, 3.8) is 0 Å². The number of benzene rings is 1. The highest BCUT2D eigenvalue weighted by Gasteiger charge is 2.35. The lowest BCUT2D eigenvalue weighted by atomic mass is 9.88. The molecule has 6 nitrogen and oxygen atoms in total. The van der Waals surface area contributed by atoms with E-state index in [9.17, 15) is 9.59 Å². The zero-order valence-electron chi connectivity index (χ0n) is 19.6. The molecular formula is C25H39N3O3. The molecule has 3 atom stereocenters. The molecule has 2 saturated heterocycles. The number of carbonyl (C=O) groups is 2. The molecule has 2 aliphatic rings. The molecular weight excluding hydrogens is 390 g/mol. The van der Waals surface area contributed by atoms with Gasteiger partial charge in [0.15, 0.2) is 0 Å². The van der Waals surface area contributed by atoms with Crippen molar-refractivity contribution in [3.05, 3.63) is 24.3 Å². The van der Waals surface area contributed by atoms with E-state index in [1.165, 1.54) is 6.42 Å². The van der Waals surface area contributed by atoms with Gasteiger partial charge in [-0.2, -0.15) is 0 Å². The van der Waals surface area contributed by atoms with Crippen molar-refractivity contribution in [2.45, 2.75) is 59.4 Å². The van der Waals surface area contributed by atoms with Gasteiger partial charge in [-0.3, -0.25) is 14.5 Å². The van der Waals surface area contributed by atoms with Gasteiger partial charge in [-0.05, 0) is 69.7 Å². The number of piperidine rings is 2. The minimum Gasteiger partial charge on any atom is -0.492 e. The molecule has 0 radical (unpaired) electrons. The molecule has 1 aromatic carbocycles. The zero-order chi connectivity index (χ0) is 22.4. The summed E-state index contributed by atoms with van der Waals surface area (Å²) in [6.07, 6.45) is 3.61. The third-order valence-corrected chi connectivity index (χ3v) is 6.63. The van der Waals surface area contributed by atoms with Crippen LogP contribution < -0.4 is 10.1 Å². The topological polar surface area (TPSA) is 61.9 Å². The fraction of sp³-hybridized carbons (Fsp3) is 0.680. The van der Waals surface area contributed by atoms with E-state index >= 15 is 0 Å². The standard InChI is InChI=1S/C25H39N3O3/c1-5-22(24(29)26-21-9-7-8-10-23(21)31-6-2)27-13-11-20(12-14-27)25(30)28-16-18(3)15-19(4)17-28/h7-10,18-20,22H,5-6,11-17H2,1-4H3,(H,26,29). The number of nitrogens with zero attached hydrogens (tertiary/aromatic N) is 2. The first-order valence-electron chi connectivity index (χ1n) is 12.0. The highest BCUT2D eigenvalue weighted by Crippen LogP contribution is 2.28. The molecule has 0 aromatic heterocycles. The Morgan fingerprint density at radius 1 is 1.10 bits per heavy atom. The average molecular weight is 430 g/mol. The molecule has 0 aliphatic carbocycles. The van der Waals surface area contributed by atoms with E-state index in [1.54, 1.807) is 0 Å². The van der Waals surface area contributed by atoms with Crippen LogP contribution in [0.25, 0.3) is 0 Å². The maximum Gasteiger partial charge on any atom is 0.241 e. The number of hydrogen-bond donors (Lipinski definition) is 1. The Bertz CT molecular complexity index is 735. The molecule has 0 saturated carbocycles. The van der Waals surface area contributed by atoms with E-state index in [-0.39, 0.29) is 17.9 Å². The average Bonchev–Trinajstić information content (AvgIpc) is 2.75. The van der Waals surface area contributed by atoms with Crippen LogP contribution >= 0.6 is 0 Å². The van der Waals surface area contributed by atoms with E-state index < -0.39 is 0 Å². The number of carbonyl (C=O) groups excluding carboxylic acids is 2. The van der Waals surface area contributed by atoms with Gasteiger partial charge in [0.05, 0.1) is 18.3 Å². The maximum atomic E-state index is 13.1. The summed E-state index contributed by atoms with van der Waals surface area (Å²) in [7, 11) is 0. The lowest BCUT2D eigenvalue weighted by molar-refractivity contribution is -0.140. The monoisotopic (exact) mass is 429 g/mol. The molecule has 2 amide bonds. The largest absolute Gasteiger partial charge is 0.492 e. The molecule has 2 heterocycles. The van der Waals surface area contributed by atoms with Crippen LogP contribution in [0.4, 0.5) is 5.69 Å². The van der Waals surface area contributed by atoms with E-state index in [0.717, 1.165) is 45.4 Å². The smallest absolute Gasteiger partial charge is 0.241 e. The quantitative estimate of drug-likeness (QED) is 0.711. The van der Waals surface area contributed by atoms with Crippen molar-refractivity contribution in [2.75, 3.05) is 38.1 Å². The minimum absolute atomic E-state index is 0.00175. The van der Waals surface area contributed by atoms with Crippen LogP contribution in [0, 0.1) is 17.8 Å². The first kappa shape index (κ1) is 23.6. The van der Waals surface area contributed by atoms with Crippen LogP contribution in [0.2, 0.25) is 0 Å². The minimum atomic E-state index is -0.194. The lowest BCUT2D eigenvalue weighted by Gasteiger charge is -2.40. The van der Waals surface area contributed by atoms with Crippen molar-refractivity contribution >= 4 is 17.5 Å². The van der Waals surface area contributed by atoms with Crippen LogP contribution in [-0.4, -0.2) is 60.4 Å².